The highest BCUT2D eigenvalue weighted by atomic mass is 19.1. The molecule has 4 aromatic carbocycles. The molecule has 0 spiro atoms. The number of ether oxygens (including phenoxy) is 1. The van der Waals surface area contributed by atoms with Crippen LogP contribution in [0.15, 0.2) is 85.1 Å². The van der Waals surface area contributed by atoms with Crippen LogP contribution in [0.25, 0.3) is 32.9 Å². The molecule has 1 atom stereocenters. The van der Waals surface area contributed by atoms with Crippen molar-refractivity contribution < 1.29 is 18.7 Å². The van der Waals surface area contributed by atoms with Gasteiger partial charge >= 0.3 is 0 Å². The lowest BCUT2D eigenvalue weighted by atomic mass is 9.97. The van der Waals surface area contributed by atoms with E-state index in [1.165, 1.54) is 6.07 Å². The van der Waals surface area contributed by atoms with Crippen LogP contribution in [0.4, 0.5) is 10.1 Å². The van der Waals surface area contributed by atoms with Crippen molar-refractivity contribution in [3.8, 4) is 11.1 Å². The Hall–Kier alpha value is -5.69. The smallest absolute Gasteiger partial charge is 0.255 e. The van der Waals surface area contributed by atoms with E-state index >= 15 is 9.18 Å². The number of nitrogens with one attached hydrogen (secondary N) is 2. The summed E-state index contributed by atoms with van der Waals surface area (Å²) in [4.78, 5) is 37.1. The number of carbonyl (C=O) groups excluding carboxylic acids is 2. The number of rotatable bonds is 13. The quantitative estimate of drug-likeness (QED) is 0.111. The van der Waals surface area contributed by atoms with Gasteiger partial charge in [-0.1, -0.05) is 55.5 Å². The first kappa shape index (κ1) is 40.1. The maximum atomic E-state index is 15.9. The lowest BCUT2D eigenvalue weighted by Crippen LogP contribution is -2.48. The van der Waals surface area contributed by atoms with E-state index in [1.54, 1.807) is 18.2 Å². The number of piperazine rings is 1. The van der Waals surface area contributed by atoms with Crippen molar-refractivity contribution in [3.63, 3.8) is 0 Å². The summed E-state index contributed by atoms with van der Waals surface area (Å²) in [6.45, 7) is 12.3. The second-order valence-corrected chi connectivity index (χ2v) is 15.8. The highest BCUT2D eigenvalue weighted by Gasteiger charge is 2.27. The Labute approximate surface area is 344 Å². The Bertz CT molecular complexity index is 2500. The number of fused-ring (bicyclic) bond motifs is 2. The number of primary amides is 1. The van der Waals surface area contributed by atoms with E-state index in [1.807, 2.05) is 65.2 Å². The van der Waals surface area contributed by atoms with Gasteiger partial charge in [-0.3, -0.25) is 14.5 Å². The van der Waals surface area contributed by atoms with Crippen molar-refractivity contribution in [2.45, 2.75) is 78.3 Å². The summed E-state index contributed by atoms with van der Waals surface area (Å²) in [7, 11) is 0. The summed E-state index contributed by atoms with van der Waals surface area (Å²) < 4.78 is 23.5. The normalized spacial score (nSPS) is 16.4. The second kappa shape index (κ2) is 17.7. The van der Waals surface area contributed by atoms with Crippen LogP contribution in [0.2, 0.25) is 0 Å². The Morgan fingerprint density at radius 1 is 0.949 bits per heavy atom. The van der Waals surface area contributed by atoms with Gasteiger partial charge in [0.1, 0.15) is 5.82 Å². The second-order valence-electron chi connectivity index (χ2n) is 15.8. The molecule has 2 saturated heterocycles. The number of aromatic nitrogens is 3. The van der Waals surface area contributed by atoms with Crippen LogP contribution < -0.4 is 16.4 Å². The molecule has 59 heavy (non-hydrogen) atoms. The molecule has 0 saturated carbocycles. The molecule has 2 aliphatic rings. The van der Waals surface area contributed by atoms with E-state index in [0.29, 0.717) is 59.7 Å². The van der Waals surface area contributed by atoms with Crippen LogP contribution in [0.3, 0.4) is 0 Å². The van der Waals surface area contributed by atoms with E-state index in [4.69, 9.17) is 15.5 Å². The Morgan fingerprint density at radius 3 is 2.47 bits per heavy atom. The lowest BCUT2D eigenvalue weighted by molar-refractivity contribution is 0.0731. The summed E-state index contributed by atoms with van der Waals surface area (Å²) >= 11 is 0. The first-order valence-electron chi connectivity index (χ1n) is 20.9. The predicted molar refractivity (Wildman–Crippen MR) is 231 cm³/mol. The van der Waals surface area contributed by atoms with Gasteiger partial charge in [0.2, 0.25) is 5.91 Å². The summed E-state index contributed by atoms with van der Waals surface area (Å²) in [6, 6.07) is 24.5. The molecule has 8 rings (SSSR count). The fourth-order valence-electron chi connectivity index (χ4n) is 8.71. The number of carbonyl (C=O) groups is 2. The van der Waals surface area contributed by atoms with E-state index in [9.17, 15) is 4.79 Å². The van der Waals surface area contributed by atoms with Gasteiger partial charge in [0.05, 0.1) is 23.8 Å². The first-order chi connectivity index (χ1) is 28.7. The summed E-state index contributed by atoms with van der Waals surface area (Å²) in [5.41, 5.74) is 13.2. The third-order valence-corrected chi connectivity index (χ3v) is 11.7. The zero-order valence-corrected chi connectivity index (χ0v) is 34.1. The van der Waals surface area contributed by atoms with E-state index in [0.717, 1.165) is 83.7 Å². The molecule has 4 heterocycles. The maximum Gasteiger partial charge on any atom is 0.255 e. The third-order valence-electron chi connectivity index (χ3n) is 11.7. The minimum absolute atomic E-state index is 0.169. The lowest BCUT2D eigenvalue weighted by Gasteiger charge is -2.31. The number of nitrogens with two attached hydrogens (primary N) is 1. The van der Waals surface area contributed by atoms with Gasteiger partial charge in [-0.2, -0.15) is 5.10 Å². The molecule has 2 aromatic heterocycles. The molecule has 2 fully saturated rings. The van der Waals surface area contributed by atoms with Gasteiger partial charge in [-0.15, -0.1) is 0 Å². The standard InChI is InChI=1S/C47H53FN8O3/c1-4-43-41(44(52-34-17-21-59-22-18-34)40-25-51-56(5-2)46(40)53-43)29-55(47(58)38-15-14-37(45(49)57)35-11-6-7-12-36(35)38)28-32-13-16-42(48)39(24-32)33-10-8-9-31(23-33)27-54-20-19-50-30(3)26-54/h6-16,23-25,30,34,50H,4-5,17-22,26-29H2,1-3H3,(H2,49,57)(H,52,53)/t30-/m0/s1. The van der Waals surface area contributed by atoms with E-state index < -0.39 is 5.91 Å². The van der Waals surface area contributed by atoms with Crippen LogP contribution in [0, 0.1) is 5.82 Å². The molecular weight excluding hydrogens is 744 g/mol. The number of hydrogen-bond donors (Lipinski definition) is 3. The van der Waals surface area contributed by atoms with Gasteiger partial charge < -0.3 is 26.0 Å². The average molecular weight is 797 g/mol. The number of anilines is 1. The zero-order valence-electron chi connectivity index (χ0n) is 34.1. The van der Waals surface area contributed by atoms with Crippen molar-refractivity contribution >= 4 is 39.3 Å². The van der Waals surface area contributed by atoms with Crippen molar-refractivity contribution in [2.24, 2.45) is 5.73 Å². The number of nitrogens with zero attached hydrogens (tertiary/aromatic N) is 5. The number of benzene rings is 4. The Morgan fingerprint density at radius 2 is 1.73 bits per heavy atom. The molecule has 2 amide bonds. The molecule has 306 valence electrons. The molecule has 11 nitrogen and oxygen atoms in total. The molecule has 12 heteroatoms. The van der Waals surface area contributed by atoms with Crippen LogP contribution in [-0.4, -0.2) is 81.3 Å². The fraction of sp³-hybridized carbons (Fsp3) is 0.362. The number of halogens is 1. The van der Waals surface area contributed by atoms with Crippen molar-refractivity contribution in [1.29, 1.82) is 0 Å². The Balaban J connectivity index is 1.21. The van der Waals surface area contributed by atoms with E-state index in [2.05, 4.69) is 46.6 Å². The highest BCUT2D eigenvalue weighted by Crippen LogP contribution is 2.34. The topological polar surface area (TPSA) is 131 Å². The van der Waals surface area contributed by atoms with Crippen LogP contribution in [0.5, 0.6) is 0 Å². The molecule has 0 radical (unpaired) electrons. The van der Waals surface area contributed by atoms with Gasteiger partial charge in [0.15, 0.2) is 5.65 Å². The number of hydrogen-bond acceptors (Lipinski definition) is 8. The van der Waals surface area contributed by atoms with Crippen molar-refractivity contribution in [1.82, 2.24) is 29.9 Å². The Kier molecular flexibility index (Phi) is 12.0. The van der Waals surface area contributed by atoms with Crippen molar-refractivity contribution in [3.05, 3.63) is 124 Å². The molecule has 6 aromatic rings. The van der Waals surface area contributed by atoms with Gasteiger partial charge in [-0.25, -0.2) is 14.1 Å². The molecule has 0 bridgehead atoms. The molecule has 2 aliphatic heterocycles. The van der Waals surface area contributed by atoms with Crippen LogP contribution in [-0.2, 0) is 37.3 Å². The van der Waals surface area contributed by atoms with Crippen LogP contribution in [0.1, 0.15) is 76.7 Å². The molecular formula is C47H53FN8O3. The number of aryl methyl sites for hydroxylation is 2. The van der Waals surface area contributed by atoms with E-state index in [-0.39, 0.29) is 30.9 Å². The highest BCUT2D eigenvalue weighted by molar-refractivity contribution is 6.13. The summed E-state index contributed by atoms with van der Waals surface area (Å²) in [6.07, 6.45) is 4.19. The monoisotopic (exact) mass is 796 g/mol. The van der Waals surface area contributed by atoms with Gasteiger partial charge in [-0.05, 0) is 90.9 Å². The summed E-state index contributed by atoms with van der Waals surface area (Å²) in [5.74, 6) is -1.13. The molecule has 0 aliphatic carbocycles. The largest absolute Gasteiger partial charge is 0.381 e. The molecule has 0 unspecified atom stereocenters. The zero-order chi connectivity index (χ0) is 41.0. The number of amides is 2. The maximum absolute atomic E-state index is 15.9. The molecule has 4 N–H and O–H groups in total. The predicted octanol–water partition coefficient (Wildman–Crippen LogP) is 7.30. The number of pyridine rings is 1. The fourth-order valence-corrected chi connectivity index (χ4v) is 8.71. The van der Waals surface area contributed by atoms with Crippen molar-refractivity contribution in [2.75, 3.05) is 38.2 Å². The first-order valence-corrected chi connectivity index (χ1v) is 20.9. The third kappa shape index (κ3) is 8.57. The minimum atomic E-state index is -0.564. The SMILES string of the molecule is CCc1nc2c(cnn2CC)c(NC2CCOCC2)c1CN(Cc1ccc(F)c(-c2cccc(CN3CCN[C@@H](C)C3)c2)c1)C(=O)c1ccc(C(N)=O)c2ccccc12. The van der Waals surface area contributed by atoms with Gasteiger partial charge in [0.25, 0.3) is 5.91 Å². The average Bonchev–Trinajstić information content (AvgIpc) is 3.67. The minimum Gasteiger partial charge on any atom is -0.381 e. The summed E-state index contributed by atoms with van der Waals surface area (Å²) in [5, 5.41) is 14.2. The van der Waals surface area contributed by atoms with Crippen LogP contribution >= 0.6 is 0 Å². The van der Waals surface area contributed by atoms with Gasteiger partial charge in [0, 0.05) is 92.5 Å².